The van der Waals surface area contributed by atoms with Crippen LogP contribution in [0.15, 0.2) is 60.7 Å². The summed E-state index contributed by atoms with van der Waals surface area (Å²) in [4.78, 5) is 15.4. The number of benzene rings is 3. The van der Waals surface area contributed by atoms with E-state index in [1.807, 2.05) is 42.5 Å². The zero-order valence-electron chi connectivity index (χ0n) is 17.8. The molecule has 0 bridgehead atoms. The lowest BCUT2D eigenvalue weighted by Gasteiger charge is -2.49. The van der Waals surface area contributed by atoms with Crippen LogP contribution in [0.25, 0.3) is 10.8 Å². The molecule has 8 heteroatoms. The lowest BCUT2D eigenvalue weighted by atomic mass is 9.76. The van der Waals surface area contributed by atoms with E-state index in [-0.39, 0.29) is 10.8 Å². The van der Waals surface area contributed by atoms with Gasteiger partial charge >= 0.3 is 6.18 Å². The lowest BCUT2D eigenvalue weighted by Crippen LogP contribution is -2.60. The van der Waals surface area contributed by atoms with E-state index in [2.05, 4.69) is 0 Å². The maximum Gasteiger partial charge on any atom is 0.417 e. The second-order valence-corrected chi connectivity index (χ2v) is 8.49. The summed E-state index contributed by atoms with van der Waals surface area (Å²) in [5, 5.41) is 11.3. The molecule has 168 valence electrons. The topological polar surface area (TPSA) is 47.3 Å². The first-order chi connectivity index (χ1) is 15.7. The van der Waals surface area contributed by atoms with E-state index in [1.165, 1.54) is 11.0 Å². The molecule has 0 saturated heterocycles. The summed E-state index contributed by atoms with van der Waals surface area (Å²) in [5.74, 6) is 0. The molecular formula is C25H20F3N3OS. The number of halogens is 3. The first kappa shape index (κ1) is 22.7. The minimum atomic E-state index is -4.68. The van der Waals surface area contributed by atoms with Crippen molar-refractivity contribution in [2.75, 3.05) is 16.8 Å². The molecule has 1 saturated carbocycles. The Kier molecular flexibility index (Phi) is 5.85. The standard InChI is InChI=1S/C25H20F3N3OS/c1-30(20-9-8-19(15-29)22(14-20)25(26,27)28)23(33)31(24(16-32)11-4-12-24)21-10-7-17-5-2-3-6-18(17)13-21/h2-3,5-10,13-14,16H,4,11-12H2,1H3. The second kappa shape index (κ2) is 8.49. The van der Waals surface area contributed by atoms with E-state index >= 15 is 0 Å². The Labute approximate surface area is 194 Å². The fourth-order valence-corrected chi connectivity index (χ4v) is 4.53. The Morgan fingerprint density at radius 1 is 1.06 bits per heavy atom. The molecule has 33 heavy (non-hydrogen) atoms. The quantitative estimate of drug-likeness (QED) is 0.344. The van der Waals surface area contributed by atoms with Gasteiger partial charge in [0.25, 0.3) is 0 Å². The molecule has 0 aliphatic heterocycles. The Bertz CT molecular complexity index is 1280. The number of hydrogen-bond donors (Lipinski definition) is 0. The highest BCUT2D eigenvalue weighted by atomic mass is 32.1. The number of carbonyl (C=O) groups excluding carboxylic acids is 1. The largest absolute Gasteiger partial charge is 0.417 e. The zero-order valence-corrected chi connectivity index (χ0v) is 18.6. The number of anilines is 2. The summed E-state index contributed by atoms with van der Waals surface area (Å²) in [6, 6.07) is 18.6. The summed E-state index contributed by atoms with van der Waals surface area (Å²) >= 11 is 5.74. The van der Waals surface area contributed by atoms with Gasteiger partial charge < -0.3 is 14.6 Å². The molecule has 0 aromatic heterocycles. The van der Waals surface area contributed by atoms with E-state index in [0.717, 1.165) is 35.6 Å². The van der Waals surface area contributed by atoms with Gasteiger partial charge in [-0.25, -0.2) is 0 Å². The van der Waals surface area contributed by atoms with E-state index in [1.54, 1.807) is 18.0 Å². The van der Waals surface area contributed by atoms with Crippen molar-refractivity contribution >= 4 is 45.8 Å². The Balaban J connectivity index is 1.79. The van der Waals surface area contributed by atoms with Crippen molar-refractivity contribution < 1.29 is 18.0 Å². The first-order valence-electron chi connectivity index (χ1n) is 10.3. The molecule has 0 radical (unpaired) electrons. The van der Waals surface area contributed by atoms with Gasteiger partial charge in [0.15, 0.2) is 5.11 Å². The monoisotopic (exact) mass is 467 g/mol. The SMILES string of the molecule is CN(C(=S)N(c1ccc2ccccc2c1)C1(C=O)CCC1)c1ccc(C#N)c(C(F)(F)F)c1. The number of rotatable bonds is 4. The smallest absolute Gasteiger partial charge is 0.322 e. The van der Waals surface area contributed by atoms with Crippen LogP contribution in [0.2, 0.25) is 0 Å². The van der Waals surface area contributed by atoms with Gasteiger partial charge in [-0.2, -0.15) is 18.4 Å². The molecule has 3 aromatic rings. The maximum atomic E-state index is 13.5. The maximum absolute atomic E-state index is 13.5. The highest BCUT2D eigenvalue weighted by Gasteiger charge is 2.45. The van der Waals surface area contributed by atoms with Crippen molar-refractivity contribution in [2.45, 2.75) is 31.0 Å². The number of hydrogen-bond acceptors (Lipinski definition) is 3. The number of nitrogens with zero attached hydrogens (tertiary/aromatic N) is 3. The van der Waals surface area contributed by atoms with Gasteiger partial charge in [-0.15, -0.1) is 0 Å². The average Bonchev–Trinajstić information content (AvgIpc) is 2.79. The molecule has 0 atom stereocenters. The van der Waals surface area contributed by atoms with Gasteiger partial charge in [0.2, 0.25) is 0 Å². The molecule has 0 heterocycles. The van der Waals surface area contributed by atoms with Gasteiger partial charge in [0.1, 0.15) is 11.8 Å². The van der Waals surface area contributed by atoms with E-state index in [9.17, 15) is 18.0 Å². The van der Waals surface area contributed by atoms with E-state index < -0.39 is 22.8 Å². The highest BCUT2D eigenvalue weighted by Crippen LogP contribution is 2.41. The lowest BCUT2D eigenvalue weighted by molar-refractivity contribution is -0.137. The van der Waals surface area contributed by atoms with Crippen LogP contribution in [0, 0.1) is 11.3 Å². The van der Waals surface area contributed by atoms with Crippen molar-refractivity contribution in [1.82, 2.24) is 0 Å². The Morgan fingerprint density at radius 2 is 1.73 bits per heavy atom. The highest BCUT2D eigenvalue weighted by molar-refractivity contribution is 7.80. The van der Waals surface area contributed by atoms with Gasteiger partial charge in [-0.3, -0.25) is 0 Å². The van der Waals surface area contributed by atoms with Crippen molar-refractivity contribution in [1.29, 1.82) is 5.26 Å². The predicted molar refractivity (Wildman–Crippen MR) is 126 cm³/mol. The zero-order chi connectivity index (χ0) is 23.8. The number of aldehydes is 1. The number of nitriles is 1. The van der Waals surface area contributed by atoms with Gasteiger partial charge in [0, 0.05) is 18.4 Å². The molecule has 0 unspecified atom stereocenters. The second-order valence-electron chi connectivity index (χ2n) is 8.12. The third-order valence-electron chi connectivity index (χ3n) is 6.17. The van der Waals surface area contributed by atoms with Gasteiger partial charge in [0.05, 0.1) is 17.2 Å². The summed E-state index contributed by atoms with van der Waals surface area (Å²) in [5.41, 5.74) is -1.46. The third kappa shape index (κ3) is 4.05. The van der Waals surface area contributed by atoms with Crippen LogP contribution in [0.4, 0.5) is 24.5 Å². The molecule has 1 aliphatic carbocycles. The van der Waals surface area contributed by atoms with Gasteiger partial charge in [-0.05, 0) is 72.6 Å². The Hall–Kier alpha value is -3.44. The fraction of sp³-hybridized carbons (Fsp3) is 0.240. The van der Waals surface area contributed by atoms with Gasteiger partial charge in [-0.1, -0.05) is 30.3 Å². The number of carbonyl (C=O) groups is 1. The molecule has 4 nitrogen and oxygen atoms in total. The number of thiocarbonyl (C=S) groups is 1. The van der Waals surface area contributed by atoms with Crippen LogP contribution in [-0.2, 0) is 11.0 Å². The summed E-state index contributed by atoms with van der Waals surface area (Å²) < 4.78 is 40.5. The van der Waals surface area contributed by atoms with Crippen molar-refractivity contribution in [3.05, 3.63) is 71.8 Å². The van der Waals surface area contributed by atoms with E-state index in [0.29, 0.717) is 18.5 Å². The molecule has 0 N–H and O–H groups in total. The van der Waals surface area contributed by atoms with Crippen LogP contribution in [-0.4, -0.2) is 24.0 Å². The molecule has 0 spiro atoms. The number of alkyl halides is 3. The van der Waals surface area contributed by atoms with E-state index in [4.69, 9.17) is 17.5 Å². The van der Waals surface area contributed by atoms with Crippen molar-refractivity contribution in [3.8, 4) is 6.07 Å². The van der Waals surface area contributed by atoms with Crippen LogP contribution < -0.4 is 9.80 Å². The fourth-order valence-electron chi connectivity index (χ4n) is 4.14. The molecule has 1 fully saturated rings. The molecular weight excluding hydrogens is 447 g/mol. The average molecular weight is 468 g/mol. The minimum Gasteiger partial charge on any atom is -0.322 e. The summed E-state index contributed by atoms with van der Waals surface area (Å²) in [6.45, 7) is 0. The summed E-state index contributed by atoms with van der Waals surface area (Å²) in [7, 11) is 1.56. The van der Waals surface area contributed by atoms with Crippen LogP contribution in [0.3, 0.4) is 0 Å². The summed E-state index contributed by atoms with van der Waals surface area (Å²) in [6.07, 6.45) is -1.76. The molecule has 4 rings (SSSR count). The van der Waals surface area contributed by atoms with Crippen LogP contribution in [0.5, 0.6) is 0 Å². The molecule has 1 aliphatic rings. The number of fused-ring (bicyclic) bond motifs is 1. The normalized spacial score (nSPS) is 14.8. The van der Waals surface area contributed by atoms with Crippen LogP contribution >= 0.6 is 12.2 Å². The third-order valence-corrected chi connectivity index (χ3v) is 6.63. The molecule has 0 amide bonds. The van der Waals surface area contributed by atoms with Crippen molar-refractivity contribution in [3.63, 3.8) is 0 Å². The minimum absolute atomic E-state index is 0.178. The molecule has 3 aromatic carbocycles. The predicted octanol–water partition coefficient (Wildman–Crippen LogP) is 6.08. The Morgan fingerprint density at radius 3 is 2.30 bits per heavy atom. The van der Waals surface area contributed by atoms with Crippen molar-refractivity contribution in [2.24, 2.45) is 0 Å². The first-order valence-corrected chi connectivity index (χ1v) is 10.8. The van der Waals surface area contributed by atoms with Crippen LogP contribution in [0.1, 0.15) is 30.4 Å².